The molecule has 4 rings (SSSR count). The number of hydrogen-bond donors (Lipinski definition) is 1. The molecule has 1 aliphatic heterocycles. The average molecular weight is 453 g/mol. The van der Waals surface area contributed by atoms with Crippen molar-refractivity contribution in [2.24, 2.45) is 0 Å². The fourth-order valence-electron chi connectivity index (χ4n) is 3.97. The van der Waals surface area contributed by atoms with Gasteiger partial charge < -0.3 is 24.8 Å². The molecule has 1 aliphatic rings. The molecule has 2 heterocycles. The Labute approximate surface area is 192 Å². The summed E-state index contributed by atoms with van der Waals surface area (Å²) in [6.45, 7) is 7.84. The maximum Gasteiger partial charge on any atom is 0.259 e. The standard InChI is InChI=1S/C24H25ClN4O3/c1-4-16-13-18(25)20(14-19(16)26)28-9-11-29(12-10-28)24(30)22-15(2)32-27-23(22)17-7-5-6-8-21(17)31-3/h4-8,13-14H,1,9-12,26H2,2-3H3. The van der Waals surface area contributed by atoms with Crippen LogP contribution < -0.4 is 15.4 Å². The van der Waals surface area contributed by atoms with Crippen molar-refractivity contribution in [2.75, 3.05) is 43.9 Å². The van der Waals surface area contributed by atoms with Gasteiger partial charge in [0.25, 0.3) is 5.91 Å². The Balaban J connectivity index is 1.55. The summed E-state index contributed by atoms with van der Waals surface area (Å²) in [6.07, 6.45) is 1.68. The SMILES string of the molecule is C=Cc1cc(Cl)c(N2CCN(C(=O)c3c(-c4ccccc4OC)noc3C)CC2)cc1N. The molecule has 1 amide bonds. The number of aromatic nitrogens is 1. The van der Waals surface area contributed by atoms with Crippen molar-refractivity contribution in [1.29, 1.82) is 0 Å². The van der Waals surface area contributed by atoms with Crippen LogP contribution in [-0.4, -0.2) is 49.3 Å². The molecule has 7 nitrogen and oxygen atoms in total. The van der Waals surface area contributed by atoms with Crippen molar-refractivity contribution >= 4 is 35.0 Å². The van der Waals surface area contributed by atoms with Crippen LogP contribution >= 0.6 is 11.6 Å². The van der Waals surface area contributed by atoms with E-state index in [2.05, 4.69) is 16.6 Å². The molecule has 0 saturated carbocycles. The number of nitrogens with two attached hydrogens (primary N) is 1. The number of para-hydroxylation sites is 1. The number of ether oxygens (including phenoxy) is 1. The minimum atomic E-state index is -0.114. The van der Waals surface area contributed by atoms with Gasteiger partial charge in [-0.3, -0.25) is 4.79 Å². The van der Waals surface area contributed by atoms with E-state index in [4.69, 9.17) is 26.6 Å². The summed E-state index contributed by atoms with van der Waals surface area (Å²) in [6, 6.07) is 11.1. The Bertz CT molecular complexity index is 1170. The van der Waals surface area contributed by atoms with Crippen molar-refractivity contribution in [3.63, 3.8) is 0 Å². The zero-order chi connectivity index (χ0) is 22.8. The first kappa shape index (κ1) is 21.8. The van der Waals surface area contributed by atoms with E-state index in [1.54, 1.807) is 20.1 Å². The van der Waals surface area contributed by atoms with Crippen LogP contribution in [0.5, 0.6) is 5.75 Å². The highest BCUT2D eigenvalue weighted by molar-refractivity contribution is 6.33. The minimum absolute atomic E-state index is 0.114. The fourth-order valence-corrected chi connectivity index (χ4v) is 4.26. The molecule has 2 N–H and O–H groups in total. The maximum atomic E-state index is 13.4. The Kier molecular flexibility index (Phi) is 6.10. The fraction of sp³-hybridized carbons (Fsp3) is 0.250. The average Bonchev–Trinajstić information content (AvgIpc) is 3.20. The van der Waals surface area contributed by atoms with Gasteiger partial charge in [-0.15, -0.1) is 0 Å². The zero-order valence-corrected chi connectivity index (χ0v) is 18.9. The third kappa shape index (κ3) is 3.91. The Morgan fingerprint density at radius 1 is 1.25 bits per heavy atom. The lowest BCUT2D eigenvalue weighted by Crippen LogP contribution is -2.49. The Morgan fingerprint density at radius 3 is 2.66 bits per heavy atom. The molecule has 2 aromatic carbocycles. The number of hydrogen-bond acceptors (Lipinski definition) is 6. The number of nitrogen functional groups attached to an aromatic ring is 1. The van der Waals surface area contributed by atoms with E-state index in [1.807, 2.05) is 41.3 Å². The molecule has 1 fully saturated rings. The van der Waals surface area contributed by atoms with Crippen molar-refractivity contribution in [1.82, 2.24) is 10.1 Å². The van der Waals surface area contributed by atoms with Crippen LogP contribution in [0, 0.1) is 6.92 Å². The number of methoxy groups -OCH3 is 1. The van der Waals surface area contributed by atoms with Gasteiger partial charge in [-0.2, -0.15) is 0 Å². The Morgan fingerprint density at radius 2 is 1.97 bits per heavy atom. The third-order valence-corrected chi connectivity index (χ3v) is 6.02. The predicted octanol–water partition coefficient (Wildman–Crippen LogP) is 4.50. The minimum Gasteiger partial charge on any atom is -0.496 e. The van der Waals surface area contributed by atoms with Crippen LogP contribution in [0.15, 0.2) is 47.5 Å². The molecule has 3 aromatic rings. The van der Waals surface area contributed by atoms with E-state index < -0.39 is 0 Å². The van der Waals surface area contributed by atoms with Gasteiger partial charge in [0, 0.05) is 37.4 Å². The monoisotopic (exact) mass is 452 g/mol. The molecular formula is C24H25ClN4O3. The predicted molar refractivity (Wildman–Crippen MR) is 127 cm³/mol. The van der Waals surface area contributed by atoms with Crippen molar-refractivity contribution in [2.45, 2.75) is 6.92 Å². The summed E-state index contributed by atoms with van der Waals surface area (Å²) in [5.41, 5.74) is 10.1. The van der Waals surface area contributed by atoms with Crippen LogP contribution in [0.25, 0.3) is 17.3 Å². The number of halogens is 1. The van der Waals surface area contributed by atoms with Crippen LogP contribution in [0.4, 0.5) is 11.4 Å². The lowest BCUT2D eigenvalue weighted by atomic mass is 10.0. The summed E-state index contributed by atoms with van der Waals surface area (Å²) in [5, 5.41) is 4.77. The summed E-state index contributed by atoms with van der Waals surface area (Å²) >= 11 is 6.47. The first-order chi connectivity index (χ1) is 15.4. The van der Waals surface area contributed by atoms with Gasteiger partial charge in [-0.05, 0) is 36.8 Å². The molecule has 32 heavy (non-hydrogen) atoms. The normalized spacial score (nSPS) is 13.8. The number of benzene rings is 2. The van der Waals surface area contributed by atoms with E-state index in [-0.39, 0.29) is 5.91 Å². The lowest BCUT2D eigenvalue weighted by molar-refractivity contribution is 0.0745. The van der Waals surface area contributed by atoms with Crippen LogP contribution in [0.2, 0.25) is 5.02 Å². The van der Waals surface area contributed by atoms with Gasteiger partial charge >= 0.3 is 0 Å². The van der Waals surface area contributed by atoms with Crippen LogP contribution in [0.3, 0.4) is 0 Å². The van der Waals surface area contributed by atoms with Crippen LogP contribution in [0.1, 0.15) is 21.7 Å². The second-order valence-electron chi connectivity index (χ2n) is 7.58. The van der Waals surface area contributed by atoms with Gasteiger partial charge in [0.1, 0.15) is 22.8 Å². The molecule has 0 spiro atoms. The Hall–Kier alpha value is -3.45. The number of aryl methyl sites for hydroxylation is 1. The number of amides is 1. The number of rotatable bonds is 5. The summed E-state index contributed by atoms with van der Waals surface area (Å²) < 4.78 is 10.8. The molecule has 1 saturated heterocycles. The van der Waals surface area contributed by atoms with Crippen LogP contribution in [-0.2, 0) is 0 Å². The van der Waals surface area contributed by atoms with E-state index in [1.165, 1.54) is 0 Å². The molecule has 0 aliphatic carbocycles. The molecule has 0 radical (unpaired) electrons. The van der Waals surface area contributed by atoms with Crippen molar-refractivity contribution in [3.05, 3.63) is 64.9 Å². The van der Waals surface area contributed by atoms with E-state index in [0.717, 1.165) is 16.8 Å². The van der Waals surface area contributed by atoms with E-state index in [0.29, 0.717) is 59.7 Å². The number of carbonyl (C=O) groups excluding carboxylic acids is 1. The van der Waals surface area contributed by atoms with Crippen molar-refractivity contribution in [3.8, 4) is 17.0 Å². The molecule has 1 aromatic heterocycles. The van der Waals surface area contributed by atoms with E-state index >= 15 is 0 Å². The largest absolute Gasteiger partial charge is 0.496 e. The maximum absolute atomic E-state index is 13.4. The smallest absolute Gasteiger partial charge is 0.259 e. The number of anilines is 2. The number of nitrogens with zero attached hydrogens (tertiary/aromatic N) is 3. The van der Waals surface area contributed by atoms with Gasteiger partial charge in [-0.25, -0.2) is 0 Å². The zero-order valence-electron chi connectivity index (χ0n) is 18.1. The molecule has 0 unspecified atom stereocenters. The van der Waals surface area contributed by atoms with Gasteiger partial charge in [0.15, 0.2) is 0 Å². The summed E-state index contributed by atoms with van der Waals surface area (Å²) in [5.74, 6) is 1.00. The number of piperazine rings is 1. The molecule has 0 atom stereocenters. The number of carbonyl (C=O) groups is 1. The summed E-state index contributed by atoms with van der Waals surface area (Å²) in [4.78, 5) is 17.4. The lowest BCUT2D eigenvalue weighted by Gasteiger charge is -2.36. The molecule has 0 bridgehead atoms. The summed E-state index contributed by atoms with van der Waals surface area (Å²) in [7, 11) is 1.59. The van der Waals surface area contributed by atoms with E-state index in [9.17, 15) is 4.79 Å². The quantitative estimate of drug-likeness (QED) is 0.574. The molecule has 166 valence electrons. The van der Waals surface area contributed by atoms with Crippen molar-refractivity contribution < 1.29 is 14.1 Å². The molecular weight excluding hydrogens is 428 g/mol. The van der Waals surface area contributed by atoms with Gasteiger partial charge in [0.2, 0.25) is 0 Å². The first-order valence-electron chi connectivity index (χ1n) is 10.3. The highest BCUT2D eigenvalue weighted by atomic mass is 35.5. The second-order valence-corrected chi connectivity index (χ2v) is 7.99. The second kappa shape index (κ2) is 8.96. The highest BCUT2D eigenvalue weighted by Crippen LogP contribution is 2.35. The third-order valence-electron chi connectivity index (χ3n) is 5.72. The van der Waals surface area contributed by atoms with Gasteiger partial charge in [-0.1, -0.05) is 41.5 Å². The molecule has 8 heteroatoms. The topological polar surface area (TPSA) is 84.8 Å². The van der Waals surface area contributed by atoms with Gasteiger partial charge in [0.05, 0.1) is 17.8 Å². The first-order valence-corrected chi connectivity index (χ1v) is 10.7. The highest BCUT2D eigenvalue weighted by Gasteiger charge is 2.30.